The Morgan fingerprint density at radius 2 is 1.88 bits per heavy atom. The lowest BCUT2D eigenvalue weighted by Crippen LogP contribution is -2.34. The summed E-state index contributed by atoms with van der Waals surface area (Å²) in [6.45, 7) is 2.31. The number of carbonyl (C=O) groups is 1. The molecule has 0 unspecified atom stereocenters. The molecule has 0 bridgehead atoms. The van der Waals surface area contributed by atoms with Crippen LogP contribution in [-0.2, 0) is 9.53 Å². The molecule has 0 aromatic rings. The Bertz CT molecular complexity index is 193. The van der Waals surface area contributed by atoms with E-state index in [1.165, 1.54) is 19.3 Å². The van der Waals surface area contributed by atoms with Crippen molar-refractivity contribution in [2.45, 2.75) is 38.5 Å². The van der Waals surface area contributed by atoms with E-state index >= 15 is 0 Å². The van der Waals surface area contributed by atoms with Crippen LogP contribution >= 0.6 is 15.9 Å². The summed E-state index contributed by atoms with van der Waals surface area (Å²) in [5, 5.41) is 4.11. The predicted molar refractivity (Wildman–Crippen MR) is 68.8 cm³/mol. The standard InChI is InChI=1S/C12H22BrNO2/c13-7-3-1-2-4-8-14-12(15)11-5-9-16-10-6-11/h11H,1-10H2,(H,14,15). The molecule has 1 aliphatic heterocycles. The molecule has 1 heterocycles. The number of halogens is 1. The maximum atomic E-state index is 11.7. The quantitative estimate of drug-likeness (QED) is 0.578. The topological polar surface area (TPSA) is 38.3 Å². The van der Waals surface area contributed by atoms with Crippen LogP contribution in [0.15, 0.2) is 0 Å². The molecule has 1 fully saturated rings. The van der Waals surface area contributed by atoms with Gasteiger partial charge < -0.3 is 10.1 Å². The Labute approximate surface area is 106 Å². The van der Waals surface area contributed by atoms with Crippen LogP contribution in [0.1, 0.15) is 38.5 Å². The van der Waals surface area contributed by atoms with Gasteiger partial charge in [0.05, 0.1) is 0 Å². The van der Waals surface area contributed by atoms with Crippen LogP contribution in [0.3, 0.4) is 0 Å². The predicted octanol–water partition coefficient (Wildman–Crippen LogP) is 2.48. The summed E-state index contributed by atoms with van der Waals surface area (Å²) in [6, 6.07) is 0. The number of alkyl halides is 1. The summed E-state index contributed by atoms with van der Waals surface area (Å²) >= 11 is 3.41. The molecule has 1 rings (SSSR count). The first-order valence-electron chi connectivity index (χ1n) is 6.26. The zero-order chi connectivity index (χ0) is 11.6. The molecule has 1 N–H and O–H groups in total. The molecular weight excluding hydrogens is 270 g/mol. The van der Waals surface area contributed by atoms with Gasteiger partial charge in [-0.1, -0.05) is 28.8 Å². The first-order valence-corrected chi connectivity index (χ1v) is 7.38. The highest BCUT2D eigenvalue weighted by Gasteiger charge is 2.20. The fourth-order valence-corrected chi connectivity index (χ4v) is 2.29. The molecule has 0 saturated carbocycles. The molecule has 0 aromatic heterocycles. The van der Waals surface area contributed by atoms with Gasteiger partial charge in [0.15, 0.2) is 0 Å². The van der Waals surface area contributed by atoms with E-state index in [1.807, 2.05) is 0 Å². The Morgan fingerprint density at radius 3 is 2.56 bits per heavy atom. The van der Waals surface area contributed by atoms with E-state index < -0.39 is 0 Å². The summed E-state index contributed by atoms with van der Waals surface area (Å²) in [7, 11) is 0. The van der Waals surface area contributed by atoms with Crippen LogP contribution in [0.25, 0.3) is 0 Å². The summed E-state index contributed by atoms with van der Waals surface area (Å²) in [5.41, 5.74) is 0. The zero-order valence-electron chi connectivity index (χ0n) is 9.84. The molecule has 1 aliphatic rings. The minimum atomic E-state index is 0.191. The third-order valence-electron chi connectivity index (χ3n) is 2.95. The SMILES string of the molecule is O=C(NCCCCCCBr)C1CCOCC1. The van der Waals surface area contributed by atoms with Gasteiger partial charge in [0.25, 0.3) is 0 Å². The highest BCUT2D eigenvalue weighted by Crippen LogP contribution is 2.14. The highest BCUT2D eigenvalue weighted by molar-refractivity contribution is 9.09. The van der Waals surface area contributed by atoms with Crippen molar-refractivity contribution in [3.63, 3.8) is 0 Å². The Morgan fingerprint density at radius 1 is 1.19 bits per heavy atom. The fourth-order valence-electron chi connectivity index (χ4n) is 1.89. The average Bonchev–Trinajstić information content (AvgIpc) is 2.34. The minimum Gasteiger partial charge on any atom is -0.381 e. The molecule has 0 radical (unpaired) electrons. The molecule has 94 valence electrons. The van der Waals surface area contributed by atoms with E-state index in [0.29, 0.717) is 0 Å². The molecule has 16 heavy (non-hydrogen) atoms. The van der Waals surface area contributed by atoms with Gasteiger partial charge in [-0.3, -0.25) is 4.79 Å². The van der Waals surface area contributed by atoms with E-state index in [0.717, 1.165) is 44.4 Å². The van der Waals surface area contributed by atoms with Crippen molar-refractivity contribution in [2.24, 2.45) is 5.92 Å². The Kier molecular flexibility index (Phi) is 7.85. The van der Waals surface area contributed by atoms with Crippen molar-refractivity contribution in [3.05, 3.63) is 0 Å². The van der Waals surface area contributed by atoms with Crippen LogP contribution in [0.5, 0.6) is 0 Å². The van der Waals surface area contributed by atoms with Gasteiger partial charge in [-0.15, -0.1) is 0 Å². The van der Waals surface area contributed by atoms with Gasteiger partial charge in [-0.25, -0.2) is 0 Å². The maximum absolute atomic E-state index is 11.7. The highest BCUT2D eigenvalue weighted by atomic mass is 79.9. The van der Waals surface area contributed by atoms with Gasteiger partial charge in [0.2, 0.25) is 5.91 Å². The van der Waals surface area contributed by atoms with Crippen molar-refractivity contribution < 1.29 is 9.53 Å². The average molecular weight is 292 g/mol. The van der Waals surface area contributed by atoms with Crippen molar-refractivity contribution in [1.82, 2.24) is 5.32 Å². The summed E-state index contributed by atoms with van der Waals surface area (Å²) in [6.07, 6.45) is 6.55. The molecule has 3 nitrogen and oxygen atoms in total. The normalized spacial score (nSPS) is 17.3. The summed E-state index contributed by atoms with van der Waals surface area (Å²) in [4.78, 5) is 11.7. The number of ether oxygens (including phenoxy) is 1. The second-order valence-electron chi connectivity index (χ2n) is 4.28. The van der Waals surface area contributed by atoms with E-state index in [-0.39, 0.29) is 11.8 Å². The Hall–Kier alpha value is -0.0900. The van der Waals surface area contributed by atoms with Crippen LogP contribution in [0.4, 0.5) is 0 Å². The molecule has 0 spiro atoms. The van der Waals surface area contributed by atoms with Gasteiger partial charge in [-0.05, 0) is 25.7 Å². The van der Waals surface area contributed by atoms with Gasteiger partial charge in [-0.2, -0.15) is 0 Å². The number of amides is 1. The lowest BCUT2D eigenvalue weighted by Gasteiger charge is -2.21. The number of nitrogens with one attached hydrogen (secondary N) is 1. The third-order valence-corrected chi connectivity index (χ3v) is 3.51. The van der Waals surface area contributed by atoms with E-state index in [1.54, 1.807) is 0 Å². The second kappa shape index (κ2) is 8.99. The molecule has 0 aliphatic carbocycles. The summed E-state index contributed by atoms with van der Waals surface area (Å²) < 4.78 is 5.24. The lowest BCUT2D eigenvalue weighted by atomic mass is 9.99. The fraction of sp³-hybridized carbons (Fsp3) is 0.917. The van der Waals surface area contributed by atoms with Crippen LogP contribution < -0.4 is 5.32 Å². The number of unbranched alkanes of at least 4 members (excludes halogenated alkanes) is 3. The number of rotatable bonds is 7. The van der Waals surface area contributed by atoms with Gasteiger partial charge in [0, 0.05) is 31.0 Å². The molecule has 0 aromatic carbocycles. The van der Waals surface area contributed by atoms with E-state index in [2.05, 4.69) is 21.2 Å². The van der Waals surface area contributed by atoms with Crippen molar-refractivity contribution in [1.29, 1.82) is 0 Å². The van der Waals surface area contributed by atoms with Crippen LogP contribution in [0, 0.1) is 5.92 Å². The Balaban J connectivity index is 1.97. The van der Waals surface area contributed by atoms with E-state index in [9.17, 15) is 4.79 Å². The lowest BCUT2D eigenvalue weighted by molar-refractivity contribution is -0.127. The van der Waals surface area contributed by atoms with Crippen molar-refractivity contribution >= 4 is 21.8 Å². The van der Waals surface area contributed by atoms with Gasteiger partial charge >= 0.3 is 0 Å². The van der Waals surface area contributed by atoms with Gasteiger partial charge in [0.1, 0.15) is 0 Å². The number of carbonyl (C=O) groups excluding carboxylic acids is 1. The summed E-state index contributed by atoms with van der Waals surface area (Å²) in [5.74, 6) is 0.417. The second-order valence-corrected chi connectivity index (χ2v) is 5.07. The molecule has 0 atom stereocenters. The first kappa shape index (κ1) is 14.0. The molecule has 4 heteroatoms. The molecule has 1 saturated heterocycles. The minimum absolute atomic E-state index is 0.191. The first-order chi connectivity index (χ1) is 7.84. The number of hydrogen-bond acceptors (Lipinski definition) is 2. The smallest absolute Gasteiger partial charge is 0.223 e. The van der Waals surface area contributed by atoms with Crippen molar-refractivity contribution in [3.8, 4) is 0 Å². The van der Waals surface area contributed by atoms with E-state index in [4.69, 9.17) is 4.74 Å². The molecular formula is C12H22BrNO2. The van der Waals surface area contributed by atoms with Crippen LogP contribution in [-0.4, -0.2) is 31.0 Å². The number of hydrogen-bond donors (Lipinski definition) is 1. The zero-order valence-corrected chi connectivity index (χ0v) is 11.4. The van der Waals surface area contributed by atoms with Crippen LogP contribution in [0.2, 0.25) is 0 Å². The molecule has 1 amide bonds. The monoisotopic (exact) mass is 291 g/mol. The largest absolute Gasteiger partial charge is 0.381 e. The van der Waals surface area contributed by atoms with Crippen molar-refractivity contribution in [2.75, 3.05) is 25.1 Å². The third kappa shape index (κ3) is 5.85. The maximum Gasteiger partial charge on any atom is 0.223 e.